The lowest BCUT2D eigenvalue weighted by Gasteiger charge is -2.11. The number of hydrogen-bond donors (Lipinski definition) is 2. The number of aromatic amines is 1. The van der Waals surface area contributed by atoms with Crippen LogP contribution in [-0.4, -0.2) is 18.6 Å². The molecule has 2 N–H and O–H groups in total. The molecule has 0 saturated heterocycles. The molecule has 0 bridgehead atoms. The summed E-state index contributed by atoms with van der Waals surface area (Å²) in [5, 5.41) is 6.41. The number of alkyl halides is 3. The number of aromatic nitrogens is 2. The van der Waals surface area contributed by atoms with Crippen molar-refractivity contribution in [2.75, 3.05) is 4.72 Å². The average Bonchev–Trinajstić information content (AvgIpc) is 2.69. The molecule has 2 rings (SSSR count). The fraction of sp³-hybridized carbons (Fsp3) is 0.250. The minimum absolute atomic E-state index is 0.229. The SMILES string of the molecule is Cc1n[nH]c(C)c1NS(=O)(=O)c1cccc(C(F)(F)F)c1. The van der Waals surface area contributed by atoms with Crippen molar-refractivity contribution in [1.29, 1.82) is 0 Å². The Labute approximate surface area is 119 Å². The van der Waals surface area contributed by atoms with Gasteiger partial charge in [-0.2, -0.15) is 18.3 Å². The van der Waals surface area contributed by atoms with Crippen molar-refractivity contribution < 1.29 is 21.6 Å². The predicted molar refractivity (Wildman–Crippen MR) is 70.3 cm³/mol. The van der Waals surface area contributed by atoms with E-state index in [1.54, 1.807) is 13.8 Å². The highest BCUT2D eigenvalue weighted by Crippen LogP contribution is 2.31. The normalized spacial score (nSPS) is 12.4. The monoisotopic (exact) mass is 319 g/mol. The highest BCUT2D eigenvalue weighted by molar-refractivity contribution is 7.92. The molecule has 1 aromatic heterocycles. The van der Waals surface area contributed by atoms with E-state index >= 15 is 0 Å². The molecule has 0 aliphatic carbocycles. The zero-order chi connectivity index (χ0) is 15.8. The summed E-state index contributed by atoms with van der Waals surface area (Å²) in [7, 11) is -4.12. The number of hydrogen-bond acceptors (Lipinski definition) is 3. The number of anilines is 1. The number of halogens is 3. The first kappa shape index (κ1) is 15.4. The maximum absolute atomic E-state index is 12.6. The summed E-state index contributed by atoms with van der Waals surface area (Å²) in [6.07, 6.45) is -4.60. The van der Waals surface area contributed by atoms with E-state index in [1.807, 2.05) is 0 Å². The molecule has 2 aromatic rings. The van der Waals surface area contributed by atoms with Crippen LogP contribution in [0.4, 0.5) is 18.9 Å². The van der Waals surface area contributed by atoms with E-state index in [-0.39, 0.29) is 5.69 Å². The summed E-state index contributed by atoms with van der Waals surface area (Å²) in [4.78, 5) is -0.461. The van der Waals surface area contributed by atoms with Crippen molar-refractivity contribution in [1.82, 2.24) is 10.2 Å². The van der Waals surface area contributed by atoms with Crippen molar-refractivity contribution in [3.05, 3.63) is 41.2 Å². The van der Waals surface area contributed by atoms with Gasteiger partial charge in [-0.3, -0.25) is 9.82 Å². The predicted octanol–water partition coefficient (Wildman–Crippen LogP) is 2.85. The summed E-state index contributed by atoms with van der Waals surface area (Å²) in [6.45, 7) is 3.18. The molecular formula is C12H12F3N3O2S. The standard InChI is InChI=1S/C12H12F3N3O2S/c1-7-11(8(2)17-16-7)18-21(19,20)10-5-3-4-9(6-10)12(13,14)15/h3-6,18H,1-2H3,(H,16,17). The van der Waals surface area contributed by atoms with Gasteiger partial charge in [-0.1, -0.05) is 6.07 Å². The van der Waals surface area contributed by atoms with Gasteiger partial charge in [0.2, 0.25) is 0 Å². The van der Waals surface area contributed by atoms with Crippen LogP contribution in [0.3, 0.4) is 0 Å². The van der Waals surface area contributed by atoms with Gasteiger partial charge in [0.15, 0.2) is 0 Å². The molecule has 5 nitrogen and oxygen atoms in total. The van der Waals surface area contributed by atoms with Crippen LogP contribution in [0.5, 0.6) is 0 Å². The second-order valence-corrected chi connectivity index (χ2v) is 6.12. The fourth-order valence-corrected chi connectivity index (χ4v) is 2.96. The van der Waals surface area contributed by atoms with Gasteiger partial charge in [-0.05, 0) is 32.0 Å². The fourth-order valence-electron chi connectivity index (χ4n) is 1.73. The Morgan fingerprint density at radius 1 is 1.24 bits per heavy atom. The molecule has 0 radical (unpaired) electrons. The quantitative estimate of drug-likeness (QED) is 0.913. The topological polar surface area (TPSA) is 74.8 Å². The second kappa shape index (κ2) is 5.06. The van der Waals surface area contributed by atoms with Crippen molar-refractivity contribution >= 4 is 15.7 Å². The summed E-state index contributed by atoms with van der Waals surface area (Å²) in [6, 6.07) is 3.55. The molecule has 21 heavy (non-hydrogen) atoms. The van der Waals surface area contributed by atoms with Gasteiger partial charge in [0.1, 0.15) is 0 Å². The van der Waals surface area contributed by atoms with E-state index in [2.05, 4.69) is 14.9 Å². The summed E-state index contributed by atoms with van der Waals surface area (Å²) >= 11 is 0. The zero-order valence-electron chi connectivity index (χ0n) is 11.1. The van der Waals surface area contributed by atoms with Gasteiger partial charge < -0.3 is 0 Å². The third-order valence-electron chi connectivity index (χ3n) is 2.84. The highest BCUT2D eigenvalue weighted by Gasteiger charge is 2.31. The number of H-pyrrole nitrogens is 1. The molecule has 0 amide bonds. The van der Waals surface area contributed by atoms with Crippen LogP contribution in [-0.2, 0) is 16.2 Å². The van der Waals surface area contributed by atoms with Crippen LogP contribution in [0.2, 0.25) is 0 Å². The molecule has 0 atom stereocenters. The zero-order valence-corrected chi connectivity index (χ0v) is 11.9. The Kier molecular flexibility index (Phi) is 3.70. The van der Waals surface area contributed by atoms with Crippen LogP contribution >= 0.6 is 0 Å². The molecule has 0 unspecified atom stereocenters. The van der Waals surface area contributed by atoms with Crippen LogP contribution in [0, 0.1) is 13.8 Å². The van der Waals surface area contributed by atoms with Crippen molar-refractivity contribution in [3.63, 3.8) is 0 Å². The summed E-state index contributed by atoms with van der Waals surface area (Å²) in [5.41, 5.74) is 0.0875. The number of rotatable bonds is 3. The molecule has 0 spiro atoms. The second-order valence-electron chi connectivity index (χ2n) is 4.44. The van der Waals surface area contributed by atoms with Gasteiger partial charge in [0.05, 0.1) is 27.5 Å². The van der Waals surface area contributed by atoms with Crippen LogP contribution in [0.15, 0.2) is 29.2 Å². The minimum Gasteiger partial charge on any atom is -0.280 e. The molecule has 1 heterocycles. The van der Waals surface area contributed by atoms with Crippen molar-refractivity contribution in [2.45, 2.75) is 24.9 Å². The number of nitrogens with one attached hydrogen (secondary N) is 2. The lowest BCUT2D eigenvalue weighted by atomic mass is 10.2. The van der Waals surface area contributed by atoms with Crippen LogP contribution in [0.25, 0.3) is 0 Å². The van der Waals surface area contributed by atoms with Gasteiger partial charge in [0.25, 0.3) is 10.0 Å². The summed E-state index contributed by atoms with van der Waals surface area (Å²) in [5.74, 6) is 0. The summed E-state index contributed by atoms with van der Waals surface area (Å²) < 4.78 is 64.5. The Morgan fingerprint density at radius 2 is 1.90 bits per heavy atom. The lowest BCUT2D eigenvalue weighted by Crippen LogP contribution is -2.15. The third kappa shape index (κ3) is 3.18. The van der Waals surface area contributed by atoms with Crippen molar-refractivity contribution in [2.24, 2.45) is 0 Å². The first-order chi connectivity index (χ1) is 9.61. The van der Waals surface area contributed by atoms with Gasteiger partial charge in [-0.25, -0.2) is 8.42 Å². The van der Waals surface area contributed by atoms with E-state index in [4.69, 9.17) is 0 Å². The maximum Gasteiger partial charge on any atom is 0.416 e. The van der Waals surface area contributed by atoms with Gasteiger partial charge >= 0.3 is 6.18 Å². The van der Waals surface area contributed by atoms with Gasteiger partial charge in [-0.15, -0.1) is 0 Å². The maximum atomic E-state index is 12.6. The van der Waals surface area contributed by atoms with Gasteiger partial charge in [0, 0.05) is 0 Å². The smallest absolute Gasteiger partial charge is 0.280 e. The number of aryl methyl sites for hydroxylation is 2. The minimum atomic E-state index is -4.60. The molecule has 0 aliphatic rings. The van der Waals surface area contributed by atoms with Crippen LogP contribution < -0.4 is 4.72 Å². The average molecular weight is 319 g/mol. The molecule has 114 valence electrons. The van der Waals surface area contributed by atoms with Crippen molar-refractivity contribution in [3.8, 4) is 0 Å². The molecule has 0 saturated carbocycles. The Morgan fingerprint density at radius 3 is 2.43 bits per heavy atom. The first-order valence-corrected chi connectivity index (χ1v) is 7.31. The largest absolute Gasteiger partial charge is 0.416 e. The highest BCUT2D eigenvalue weighted by atomic mass is 32.2. The lowest BCUT2D eigenvalue weighted by molar-refractivity contribution is -0.137. The van der Waals surface area contributed by atoms with E-state index in [9.17, 15) is 21.6 Å². The Balaban J connectivity index is 2.41. The Hall–Kier alpha value is -2.03. The molecule has 0 fully saturated rings. The molecule has 1 aromatic carbocycles. The molecule has 9 heteroatoms. The molecule has 0 aliphatic heterocycles. The van der Waals surface area contributed by atoms with E-state index in [0.29, 0.717) is 17.5 Å². The number of benzene rings is 1. The van der Waals surface area contributed by atoms with E-state index in [1.165, 1.54) is 0 Å². The first-order valence-electron chi connectivity index (χ1n) is 5.83. The van der Waals surface area contributed by atoms with E-state index in [0.717, 1.165) is 18.2 Å². The Bertz CT molecular complexity index is 747. The molecular weight excluding hydrogens is 307 g/mol. The number of sulfonamides is 1. The third-order valence-corrected chi connectivity index (χ3v) is 4.18. The van der Waals surface area contributed by atoms with Crippen LogP contribution in [0.1, 0.15) is 17.0 Å². The number of nitrogens with zero attached hydrogens (tertiary/aromatic N) is 1. The van der Waals surface area contributed by atoms with E-state index < -0.39 is 26.7 Å².